The van der Waals surface area contributed by atoms with Crippen LogP contribution in [0, 0.1) is 0 Å². The SMILES string of the molecule is CN(Cc1ccccc1)C(=O)[C@@H]1CCC(O)N1C(=O)OCC1c2ccccc2-c2ccccc21. The van der Waals surface area contributed by atoms with Crippen molar-refractivity contribution in [2.45, 2.75) is 37.6 Å². The van der Waals surface area contributed by atoms with E-state index in [0.717, 1.165) is 27.8 Å². The second kappa shape index (κ2) is 9.31. The lowest BCUT2D eigenvalue weighted by Crippen LogP contribution is -2.49. The molecule has 3 aromatic rings. The number of nitrogens with zero attached hydrogens (tertiary/aromatic N) is 2. The van der Waals surface area contributed by atoms with Crippen LogP contribution in [0.3, 0.4) is 0 Å². The van der Waals surface area contributed by atoms with Gasteiger partial charge in [-0.15, -0.1) is 0 Å². The molecular formula is C28H28N2O4. The van der Waals surface area contributed by atoms with Gasteiger partial charge in [-0.2, -0.15) is 0 Å². The minimum atomic E-state index is -1.03. The number of hydrogen-bond acceptors (Lipinski definition) is 4. The molecule has 0 saturated carbocycles. The first-order valence-electron chi connectivity index (χ1n) is 11.6. The maximum atomic E-state index is 13.2. The lowest BCUT2D eigenvalue weighted by Gasteiger charge is -2.29. The van der Waals surface area contributed by atoms with Crippen molar-refractivity contribution in [3.63, 3.8) is 0 Å². The Morgan fingerprint density at radius 2 is 1.50 bits per heavy atom. The Bertz CT molecular complexity index is 1150. The van der Waals surface area contributed by atoms with Crippen molar-refractivity contribution >= 4 is 12.0 Å². The first-order valence-corrected chi connectivity index (χ1v) is 11.6. The van der Waals surface area contributed by atoms with Crippen LogP contribution in [0.4, 0.5) is 4.79 Å². The molecule has 1 heterocycles. The standard InChI is InChI=1S/C28H28N2O4/c1-29(17-19-9-3-2-4-10-19)27(32)25-15-16-26(31)30(25)28(33)34-18-24-22-13-7-5-11-20(22)21-12-6-8-14-23(21)24/h2-14,24-26,31H,15-18H2,1H3/t25-,26?/m0/s1. The number of aliphatic hydroxyl groups excluding tert-OH is 1. The van der Waals surface area contributed by atoms with Gasteiger partial charge < -0.3 is 14.7 Å². The van der Waals surface area contributed by atoms with Gasteiger partial charge in [0.1, 0.15) is 18.9 Å². The van der Waals surface area contributed by atoms with Crippen molar-refractivity contribution in [3.8, 4) is 11.1 Å². The summed E-state index contributed by atoms with van der Waals surface area (Å²) in [7, 11) is 1.72. The predicted octanol–water partition coefficient (Wildman–Crippen LogP) is 4.38. The third kappa shape index (κ3) is 4.05. The Hall–Kier alpha value is -3.64. The van der Waals surface area contributed by atoms with Gasteiger partial charge in [-0.05, 0) is 40.7 Å². The van der Waals surface area contributed by atoms with E-state index in [9.17, 15) is 14.7 Å². The van der Waals surface area contributed by atoms with Crippen LogP contribution in [0.2, 0.25) is 0 Å². The Morgan fingerprint density at radius 1 is 0.912 bits per heavy atom. The van der Waals surface area contributed by atoms with Crippen LogP contribution in [-0.2, 0) is 16.1 Å². The first kappa shape index (κ1) is 22.2. The smallest absolute Gasteiger partial charge is 0.412 e. The number of ether oxygens (including phenoxy) is 1. The van der Waals surface area contributed by atoms with Crippen LogP contribution in [0.1, 0.15) is 35.4 Å². The fourth-order valence-corrected chi connectivity index (χ4v) is 5.14. The lowest BCUT2D eigenvalue weighted by atomic mass is 9.98. The third-order valence-corrected chi connectivity index (χ3v) is 6.83. The molecule has 2 aliphatic rings. The number of benzene rings is 3. The highest BCUT2D eigenvalue weighted by Gasteiger charge is 2.42. The average molecular weight is 457 g/mol. The van der Waals surface area contributed by atoms with Crippen LogP contribution < -0.4 is 0 Å². The minimum absolute atomic E-state index is 0.0778. The highest BCUT2D eigenvalue weighted by Crippen LogP contribution is 2.44. The molecule has 3 aromatic carbocycles. The zero-order chi connectivity index (χ0) is 23.7. The Kier molecular flexibility index (Phi) is 6.07. The molecule has 1 fully saturated rings. The summed E-state index contributed by atoms with van der Waals surface area (Å²) in [4.78, 5) is 29.1. The molecule has 0 radical (unpaired) electrons. The molecule has 1 N–H and O–H groups in total. The molecule has 2 atom stereocenters. The Labute approximate surface area is 199 Å². The fourth-order valence-electron chi connectivity index (χ4n) is 5.14. The maximum absolute atomic E-state index is 13.2. The van der Waals surface area contributed by atoms with E-state index < -0.39 is 18.4 Å². The molecular weight excluding hydrogens is 428 g/mol. The number of likely N-dealkylation sites (tertiary alicyclic amines) is 1. The lowest BCUT2D eigenvalue weighted by molar-refractivity contribution is -0.136. The van der Waals surface area contributed by atoms with E-state index in [1.807, 2.05) is 54.6 Å². The summed E-state index contributed by atoms with van der Waals surface area (Å²) in [5.74, 6) is -0.278. The molecule has 34 heavy (non-hydrogen) atoms. The molecule has 1 aliphatic carbocycles. The van der Waals surface area contributed by atoms with Gasteiger partial charge in [0.2, 0.25) is 5.91 Å². The molecule has 1 aliphatic heterocycles. The van der Waals surface area contributed by atoms with Gasteiger partial charge in [-0.1, -0.05) is 78.9 Å². The van der Waals surface area contributed by atoms with Gasteiger partial charge in [-0.25, -0.2) is 4.79 Å². The van der Waals surface area contributed by atoms with E-state index in [0.29, 0.717) is 19.4 Å². The Balaban J connectivity index is 1.29. The van der Waals surface area contributed by atoms with Gasteiger partial charge in [0.15, 0.2) is 0 Å². The molecule has 0 aromatic heterocycles. The van der Waals surface area contributed by atoms with Gasteiger partial charge in [0, 0.05) is 19.5 Å². The van der Waals surface area contributed by atoms with Crippen LogP contribution in [0.5, 0.6) is 0 Å². The molecule has 1 unspecified atom stereocenters. The highest BCUT2D eigenvalue weighted by molar-refractivity contribution is 5.86. The molecule has 0 spiro atoms. The molecule has 0 bridgehead atoms. The van der Waals surface area contributed by atoms with Crippen LogP contribution in [-0.4, -0.2) is 52.8 Å². The highest BCUT2D eigenvalue weighted by atomic mass is 16.6. The number of fused-ring (bicyclic) bond motifs is 3. The van der Waals surface area contributed by atoms with Gasteiger partial charge in [-0.3, -0.25) is 9.69 Å². The number of carbonyl (C=O) groups excluding carboxylic acids is 2. The quantitative estimate of drug-likeness (QED) is 0.619. The molecule has 6 nitrogen and oxygen atoms in total. The minimum Gasteiger partial charge on any atom is -0.448 e. The van der Waals surface area contributed by atoms with E-state index >= 15 is 0 Å². The number of carbonyl (C=O) groups is 2. The largest absolute Gasteiger partial charge is 0.448 e. The predicted molar refractivity (Wildman–Crippen MR) is 129 cm³/mol. The summed E-state index contributed by atoms with van der Waals surface area (Å²) in [5, 5.41) is 10.5. The van der Waals surface area contributed by atoms with Crippen molar-refractivity contribution in [1.82, 2.24) is 9.80 Å². The summed E-state index contributed by atoms with van der Waals surface area (Å²) in [6, 6.07) is 25.2. The van der Waals surface area contributed by atoms with Crippen LogP contribution in [0.15, 0.2) is 78.9 Å². The number of aliphatic hydroxyl groups is 1. The topological polar surface area (TPSA) is 70.1 Å². The molecule has 2 amide bonds. The third-order valence-electron chi connectivity index (χ3n) is 6.83. The van der Waals surface area contributed by atoms with Crippen molar-refractivity contribution in [2.24, 2.45) is 0 Å². The zero-order valence-corrected chi connectivity index (χ0v) is 19.1. The number of rotatable bonds is 5. The second-order valence-corrected chi connectivity index (χ2v) is 8.96. The monoisotopic (exact) mass is 456 g/mol. The second-order valence-electron chi connectivity index (χ2n) is 8.96. The maximum Gasteiger partial charge on any atom is 0.412 e. The van der Waals surface area contributed by atoms with E-state index in [1.165, 1.54) is 4.90 Å². The summed E-state index contributed by atoms with van der Waals surface area (Å²) >= 11 is 0. The zero-order valence-electron chi connectivity index (χ0n) is 19.1. The van der Waals surface area contributed by atoms with E-state index in [-0.39, 0.29) is 18.4 Å². The molecule has 6 heteroatoms. The van der Waals surface area contributed by atoms with Gasteiger partial charge in [0.05, 0.1) is 0 Å². The summed E-state index contributed by atoms with van der Waals surface area (Å²) < 4.78 is 5.73. The molecule has 5 rings (SSSR count). The van der Waals surface area contributed by atoms with E-state index in [4.69, 9.17) is 4.74 Å². The fraction of sp³-hybridized carbons (Fsp3) is 0.286. The number of hydrogen-bond donors (Lipinski definition) is 1. The average Bonchev–Trinajstić information content (AvgIpc) is 3.40. The van der Waals surface area contributed by atoms with Gasteiger partial charge >= 0.3 is 6.09 Å². The van der Waals surface area contributed by atoms with Crippen LogP contribution >= 0.6 is 0 Å². The van der Waals surface area contributed by atoms with Crippen molar-refractivity contribution in [2.75, 3.05) is 13.7 Å². The summed E-state index contributed by atoms with van der Waals surface area (Å²) in [6.07, 6.45) is -0.934. The van der Waals surface area contributed by atoms with Crippen molar-refractivity contribution < 1.29 is 19.4 Å². The van der Waals surface area contributed by atoms with E-state index in [1.54, 1.807) is 11.9 Å². The number of likely N-dealkylation sites (N-methyl/N-ethyl adjacent to an activating group) is 1. The first-order chi connectivity index (χ1) is 16.5. The number of amides is 2. The normalized spacial score (nSPS) is 18.9. The van der Waals surface area contributed by atoms with Crippen molar-refractivity contribution in [3.05, 3.63) is 95.6 Å². The molecule has 174 valence electrons. The van der Waals surface area contributed by atoms with Gasteiger partial charge in [0.25, 0.3) is 0 Å². The summed E-state index contributed by atoms with van der Waals surface area (Å²) in [6.45, 7) is 0.585. The summed E-state index contributed by atoms with van der Waals surface area (Å²) in [5.41, 5.74) is 5.54. The molecule has 1 saturated heterocycles. The van der Waals surface area contributed by atoms with Crippen LogP contribution in [0.25, 0.3) is 11.1 Å². The van der Waals surface area contributed by atoms with Crippen molar-refractivity contribution in [1.29, 1.82) is 0 Å². The Morgan fingerprint density at radius 3 is 2.15 bits per heavy atom. The van der Waals surface area contributed by atoms with E-state index in [2.05, 4.69) is 24.3 Å².